The lowest BCUT2D eigenvalue weighted by molar-refractivity contribution is 0.0527. The maximum atomic E-state index is 13.4. The number of hydrogen-bond acceptors (Lipinski definition) is 9. The summed E-state index contributed by atoms with van der Waals surface area (Å²) in [6.07, 6.45) is 4.88. The number of aliphatic imine (C=N–C) groups is 1. The molecule has 3 atom stereocenters. The predicted molar refractivity (Wildman–Crippen MR) is 175 cm³/mol. The summed E-state index contributed by atoms with van der Waals surface area (Å²) in [6.45, 7) is 10.4. The molecule has 2 aromatic rings. The zero-order chi connectivity index (χ0) is 32.7. The van der Waals surface area contributed by atoms with Gasteiger partial charge < -0.3 is 38.8 Å². The van der Waals surface area contributed by atoms with Crippen LogP contribution >= 0.6 is 0 Å². The second kappa shape index (κ2) is 12.5. The number of benzene rings is 2. The van der Waals surface area contributed by atoms with E-state index in [1.807, 2.05) is 11.1 Å². The van der Waals surface area contributed by atoms with Gasteiger partial charge in [-0.05, 0) is 49.7 Å². The highest BCUT2D eigenvalue weighted by atomic mass is 16.5. The number of rotatable bonds is 10. The summed E-state index contributed by atoms with van der Waals surface area (Å²) in [5.74, 6) is 1.88. The van der Waals surface area contributed by atoms with Crippen molar-refractivity contribution >= 4 is 29.4 Å². The van der Waals surface area contributed by atoms with Crippen LogP contribution in [0, 0.1) is 5.41 Å². The van der Waals surface area contributed by atoms with Crippen LogP contribution in [0.5, 0.6) is 23.0 Å². The number of unbranched alkanes of at least 4 members (excludes halogenated alkanes) is 2. The molecule has 11 heteroatoms. The Labute approximate surface area is 270 Å². The van der Waals surface area contributed by atoms with Crippen molar-refractivity contribution in [2.45, 2.75) is 64.3 Å². The zero-order valence-corrected chi connectivity index (χ0v) is 27.4. The maximum Gasteiger partial charge on any atom is 0.256 e. The van der Waals surface area contributed by atoms with Crippen molar-refractivity contribution in [1.82, 2.24) is 9.80 Å². The van der Waals surface area contributed by atoms with Crippen LogP contribution < -0.4 is 23.8 Å². The first-order chi connectivity index (χ1) is 22.0. The highest BCUT2D eigenvalue weighted by Crippen LogP contribution is 2.42. The van der Waals surface area contributed by atoms with Gasteiger partial charge in [-0.2, -0.15) is 0 Å². The molecule has 4 aliphatic rings. The zero-order valence-electron chi connectivity index (χ0n) is 27.4. The summed E-state index contributed by atoms with van der Waals surface area (Å²) in [7, 11) is 4.91. The molecule has 6 rings (SSSR count). The number of aliphatic hydroxyl groups is 1. The van der Waals surface area contributed by atoms with E-state index in [2.05, 4.69) is 25.4 Å². The first kappa shape index (κ1) is 31.7. The van der Waals surface area contributed by atoms with Gasteiger partial charge in [-0.15, -0.1) is 0 Å². The fraction of sp³-hybridized carbons (Fsp3) is 0.514. The van der Waals surface area contributed by atoms with Crippen LogP contribution in [0.15, 0.2) is 41.4 Å². The number of nitrogens with zero attached hydrogens (tertiary/aromatic N) is 4. The maximum absolute atomic E-state index is 13.4. The Bertz CT molecular complexity index is 1570. The van der Waals surface area contributed by atoms with Gasteiger partial charge in [-0.3, -0.25) is 14.6 Å². The van der Waals surface area contributed by atoms with Gasteiger partial charge in [-0.25, -0.2) is 0 Å². The van der Waals surface area contributed by atoms with Crippen LogP contribution in [0.4, 0.5) is 11.4 Å². The average Bonchev–Trinajstić information content (AvgIpc) is 3.54. The Hall–Kier alpha value is -4.25. The third-order valence-electron chi connectivity index (χ3n) is 9.41. The van der Waals surface area contributed by atoms with Crippen molar-refractivity contribution in [2.24, 2.45) is 10.4 Å². The monoisotopic (exact) mass is 632 g/mol. The Balaban J connectivity index is 1.04. The lowest BCUT2D eigenvalue weighted by Crippen LogP contribution is -2.47. The van der Waals surface area contributed by atoms with E-state index in [0.717, 1.165) is 31.3 Å². The van der Waals surface area contributed by atoms with Gasteiger partial charge in [0.15, 0.2) is 23.0 Å². The molecule has 2 amide bonds. The third kappa shape index (κ3) is 5.88. The minimum Gasteiger partial charge on any atom is -0.493 e. The molecule has 2 fully saturated rings. The van der Waals surface area contributed by atoms with Crippen LogP contribution in [0.1, 0.15) is 66.7 Å². The van der Waals surface area contributed by atoms with Crippen LogP contribution in [0.2, 0.25) is 0 Å². The molecule has 0 spiro atoms. The van der Waals surface area contributed by atoms with Gasteiger partial charge in [0.25, 0.3) is 11.8 Å². The van der Waals surface area contributed by atoms with Gasteiger partial charge >= 0.3 is 0 Å². The standard InChI is InChI=1S/C35H44N4O7/c1-21-12-27-34(42)37(4)26-16-31(29(44-6)14-24(26)33(41)38(27)19-21)46-11-9-7-8-10-45-30-15-25-23(13-28(30)43-5)32(40)39-20-35(2,3)17-22(39)18-36-25/h13-16,18,22,27,34,42H,1,7-12,17,19-20H2,2-6H3/t22-,27-,34-/m0/s1. The molecule has 2 aromatic carbocycles. The fourth-order valence-electron chi connectivity index (χ4n) is 7.00. The number of likely N-dealkylation sites (N-methyl/N-ethyl adjacent to an activating group) is 1. The summed E-state index contributed by atoms with van der Waals surface area (Å²) in [4.78, 5) is 36.8. The number of aliphatic hydroxyl groups excluding tert-OH is 1. The van der Waals surface area contributed by atoms with Gasteiger partial charge in [0.05, 0.1) is 62.0 Å². The number of carbonyl (C=O) groups excluding carboxylic acids is 2. The van der Waals surface area contributed by atoms with Crippen molar-refractivity contribution in [2.75, 3.05) is 52.5 Å². The van der Waals surface area contributed by atoms with Gasteiger partial charge in [0, 0.05) is 38.5 Å². The average molecular weight is 633 g/mol. The van der Waals surface area contributed by atoms with E-state index in [9.17, 15) is 14.7 Å². The number of hydrogen-bond donors (Lipinski definition) is 1. The van der Waals surface area contributed by atoms with E-state index >= 15 is 0 Å². The van der Waals surface area contributed by atoms with E-state index < -0.39 is 6.23 Å². The van der Waals surface area contributed by atoms with Gasteiger partial charge in [-0.1, -0.05) is 26.0 Å². The lowest BCUT2D eigenvalue weighted by atomic mass is 9.91. The van der Waals surface area contributed by atoms with E-state index in [0.29, 0.717) is 78.2 Å². The number of anilines is 1. The number of fused-ring (bicyclic) bond motifs is 4. The van der Waals surface area contributed by atoms with Crippen molar-refractivity contribution < 1.29 is 33.6 Å². The van der Waals surface area contributed by atoms with Crippen LogP contribution in [0.25, 0.3) is 0 Å². The van der Waals surface area contributed by atoms with Gasteiger partial charge in [0.2, 0.25) is 0 Å². The van der Waals surface area contributed by atoms with Gasteiger partial charge in [0.1, 0.15) is 6.23 Å². The Morgan fingerprint density at radius 2 is 1.54 bits per heavy atom. The number of amides is 2. The highest BCUT2D eigenvalue weighted by Gasteiger charge is 2.43. The van der Waals surface area contributed by atoms with Crippen LogP contribution in [-0.2, 0) is 0 Å². The third-order valence-corrected chi connectivity index (χ3v) is 9.41. The molecule has 4 aliphatic heterocycles. The minimum absolute atomic E-state index is 0.00757. The normalized spacial score (nSPS) is 23.0. The summed E-state index contributed by atoms with van der Waals surface area (Å²) >= 11 is 0. The molecule has 0 bridgehead atoms. The molecule has 246 valence electrons. The Morgan fingerprint density at radius 3 is 2.22 bits per heavy atom. The molecule has 0 saturated carbocycles. The molecule has 1 N–H and O–H groups in total. The molecule has 0 aliphatic carbocycles. The van der Waals surface area contributed by atoms with Crippen LogP contribution in [0.3, 0.4) is 0 Å². The first-order valence-corrected chi connectivity index (χ1v) is 15.9. The molecule has 46 heavy (non-hydrogen) atoms. The quantitative estimate of drug-likeness (QED) is 0.293. The Kier molecular flexibility index (Phi) is 8.62. The van der Waals surface area contributed by atoms with Crippen molar-refractivity contribution in [3.63, 3.8) is 0 Å². The molecular formula is C35H44N4O7. The fourth-order valence-corrected chi connectivity index (χ4v) is 7.00. The Morgan fingerprint density at radius 1 is 0.913 bits per heavy atom. The minimum atomic E-state index is -0.860. The largest absolute Gasteiger partial charge is 0.493 e. The summed E-state index contributed by atoms with van der Waals surface area (Å²) in [5.41, 5.74) is 3.19. The van der Waals surface area contributed by atoms with E-state index in [1.165, 1.54) is 0 Å². The summed E-state index contributed by atoms with van der Waals surface area (Å²) < 4.78 is 23.4. The lowest BCUT2D eigenvalue weighted by Gasteiger charge is -2.30. The number of carbonyl (C=O) groups is 2. The second-order valence-corrected chi connectivity index (χ2v) is 13.4. The van der Waals surface area contributed by atoms with E-state index in [1.54, 1.807) is 55.3 Å². The molecular weight excluding hydrogens is 588 g/mol. The molecule has 2 saturated heterocycles. The first-order valence-electron chi connectivity index (χ1n) is 15.9. The SMILES string of the molecule is C=C1C[C@H]2[C@H](O)N(C)c3cc(OCCCCCOc4cc5c(cc4OC)C(=O)N4CC(C)(C)C[C@H]4C=N5)c(OC)cc3C(=O)N2C1. The topological polar surface area (TPSA) is 113 Å². The molecule has 0 radical (unpaired) electrons. The molecule has 4 heterocycles. The van der Waals surface area contributed by atoms with E-state index in [4.69, 9.17) is 18.9 Å². The second-order valence-electron chi connectivity index (χ2n) is 13.4. The van der Waals surface area contributed by atoms with Crippen molar-refractivity contribution in [3.8, 4) is 23.0 Å². The predicted octanol–water partition coefficient (Wildman–Crippen LogP) is 4.83. The summed E-state index contributed by atoms with van der Waals surface area (Å²) in [5, 5.41) is 11.0. The molecule has 0 aromatic heterocycles. The summed E-state index contributed by atoms with van der Waals surface area (Å²) in [6, 6.07) is 6.66. The number of ether oxygens (including phenoxy) is 4. The van der Waals surface area contributed by atoms with Crippen molar-refractivity contribution in [3.05, 3.63) is 47.5 Å². The highest BCUT2D eigenvalue weighted by molar-refractivity contribution is 6.04. The molecule has 0 unspecified atom stereocenters. The number of methoxy groups -OCH3 is 2. The molecule has 11 nitrogen and oxygen atoms in total. The smallest absolute Gasteiger partial charge is 0.256 e. The van der Waals surface area contributed by atoms with Crippen molar-refractivity contribution in [1.29, 1.82) is 0 Å². The van der Waals surface area contributed by atoms with Crippen LogP contribution in [-0.4, -0.2) is 98.8 Å². The van der Waals surface area contributed by atoms with E-state index in [-0.39, 0.29) is 29.3 Å².